The Kier molecular flexibility index (Phi) is 5.29. The van der Waals surface area contributed by atoms with Gasteiger partial charge in [-0.3, -0.25) is 4.98 Å². The predicted molar refractivity (Wildman–Crippen MR) is 46.3 cm³/mol. The van der Waals surface area contributed by atoms with Gasteiger partial charge in [-0.15, -0.1) is 0 Å². The maximum atomic E-state index is 6.75. The molecule has 0 radical (unpaired) electrons. The largest absolute Gasteiger partial charge is 0.306 e. The van der Waals surface area contributed by atoms with Crippen LogP contribution in [0.1, 0.15) is 19.5 Å². The zero-order valence-electron chi connectivity index (χ0n) is 6.50. The lowest BCUT2D eigenvalue weighted by molar-refractivity contribution is 1.18. The molecule has 1 aromatic heterocycles. The molecule has 4 heteroatoms. The van der Waals surface area contributed by atoms with E-state index in [-0.39, 0.29) is 0 Å². The Morgan fingerprint density at radius 3 is 2.45 bits per heavy atom. The van der Waals surface area contributed by atoms with E-state index in [4.69, 9.17) is 17.0 Å². The van der Waals surface area contributed by atoms with Crippen LogP contribution in [0.15, 0.2) is 12.4 Å². The highest BCUT2D eigenvalue weighted by molar-refractivity contribution is 6.29. The minimum absolute atomic E-state index is 0.316. The summed E-state index contributed by atoms with van der Waals surface area (Å²) in [6.07, 6.45) is 3.99. The van der Waals surface area contributed by atoms with Gasteiger partial charge in [0, 0.05) is 6.21 Å². The molecule has 0 saturated carbocycles. The number of nitrogens with one attached hydrogen (secondary N) is 1. The molecule has 0 fully saturated rings. The summed E-state index contributed by atoms with van der Waals surface area (Å²) in [6.45, 7) is 4.00. The third-order valence-electron chi connectivity index (χ3n) is 0.772. The second-order valence-electron chi connectivity index (χ2n) is 1.41. The summed E-state index contributed by atoms with van der Waals surface area (Å²) in [6, 6.07) is 0. The first kappa shape index (κ1) is 10.0. The smallest absolute Gasteiger partial charge is 0.148 e. The highest BCUT2D eigenvalue weighted by Gasteiger charge is 1.89. The molecule has 1 N–H and O–H groups in total. The lowest BCUT2D eigenvalue weighted by atomic mass is 10.5. The van der Waals surface area contributed by atoms with E-state index >= 15 is 0 Å². The van der Waals surface area contributed by atoms with Crippen molar-refractivity contribution in [3.63, 3.8) is 0 Å². The van der Waals surface area contributed by atoms with Crippen LogP contribution < -0.4 is 0 Å². The van der Waals surface area contributed by atoms with E-state index in [0.717, 1.165) is 6.21 Å². The van der Waals surface area contributed by atoms with E-state index in [9.17, 15) is 0 Å². The third kappa shape index (κ3) is 3.68. The topological polar surface area (TPSA) is 49.6 Å². The Morgan fingerprint density at radius 2 is 2.09 bits per heavy atom. The van der Waals surface area contributed by atoms with Crippen LogP contribution in [0.2, 0.25) is 5.15 Å². The highest BCUT2D eigenvalue weighted by Crippen LogP contribution is 1.99. The Hall–Kier alpha value is -0.960. The molecule has 0 aromatic carbocycles. The molecule has 0 spiro atoms. The lowest BCUT2D eigenvalue weighted by Crippen LogP contribution is -1.87. The summed E-state index contributed by atoms with van der Waals surface area (Å²) in [5.74, 6) is 0. The zero-order chi connectivity index (χ0) is 8.69. The van der Waals surface area contributed by atoms with Crippen LogP contribution in [-0.4, -0.2) is 16.2 Å². The van der Waals surface area contributed by atoms with Crippen LogP contribution >= 0.6 is 11.6 Å². The van der Waals surface area contributed by atoms with Gasteiger partial charge in [0.2, 0.25) is 0 Å². The molecule has 0 atom stereocenters. The molecule has 0 unspecified atom stereocenters. The molecule has 11 heavy (non-hydrogen) atoms. The van der Waals surface area contributed by atoms with Gasteiger partial charge in [0.25, 0.3) is 0 Å². The monoisotopic (exact) mass is 171 g/mol. The summed E-state index contributed by atoms with van der Waals surface area (Å²) >= 11 is 5.45. The van der Waals surface area contributed by atoms with Crippen molar-refractivity contribution in [3.8, 4) is 0 Å². The second kappa shape index (κ2) is 5.80. The minimum Gasteiger partial charge on any atom is -0.306 e. The number of nitrogens with zero attached hydrogens (tertiary/aromatic N) is 2. The van der Waals surface area contributed by atoms with E-state index in [1.165, 1.54) is 12.4 Å². The summed E-state index contributed by atoms with van der Waals surface area (Å²) in [4.78, 5) is 7.46. The summed E-state index contributed by atoms with van der Waals surface area (Å²) < 4.78 is 0. The van der Waals surface area contributed by atoms with Crippen molar-refractivity contribution in [1.82, 2.24) is 9.97 Å². The molecule has 0 saturated heterocycles. The first-order valence-electron chi connectivity index (χ1n) is 3.31. The van der Waals surface area contributed by atoms with Crippen LogP contribution in [-0.2, 0) is 0 Å². The van der Waals surface area contributed by atoms with Crippen LogP contribution in [0.4, 0.5) is 0 Å². The Labute approximate surface area is 71.0 Å². The van der Waals surface area contributed by atoms with Gasteiger partial charge >= 0.3 is 0 Å². The highest BCUT2D eigenvalue weighted by atomic mass is 35.5. The molecule has 1 aromatic rings. The molecule has 0 bridgehead atoms. The van der Waals surface area contributed by atoms with Gasteiger partial charge < -0.3 is 5.41 Å². The van der Waals surface area contributed by atoms with E-state index in [1.54, 1.807) is 0 Å². The molecule has 0 amide bonds. The van der Waals surface area contributed by atoms with Crippen LogP contribution in [0, 0.1) is 5.41 Å². The molecule has 0 aliphatic heterocycles. The van der Waals surface area contributed by atoms with Crippen molar-refractivity contribution in [2.24, 2.45) is 0 Å². The van der Waals surface area contributed by atoms with Crippen molar-refractivity contribution < 1.29 is 0 Å². The average Bonchev–Trinajstić information content (AvgIpc) is 2.08. The standard InChI is InChI=1S/C5H4ClN3.C2H6/c6-5-3-8-2-4(1-7)9-5;1-2/h1-3,7H;1-2H3. The maximum absolute atomic E-state index is 6.75. The molecule has 0 aliphatic carbocycles. The van der Waals surface area contributed by atoms with Gasteiger partial charge in [-0.05, 0) is 0 Å². The van der Waals surface area contributed by atoms with E-state index < -0.39 is 0 Å². The molecular formula is C7H10ClN3. The van der Waals surface area contributed by atoms with Crippen molar-refractivity contribution in [2.45, 2.75) is 13.8 Å². The SMILES string of the molecule is CC.N=Cc1cncc(Cl)n1. The van der Waals surface area contributed by atoms with Crippen LogP contribution in [0.5, 0.6) is 0 Å². The van der Waals surface area contributed by atoms with Gasteiger partial charge in [0.15, 0.2) is 0 Å². The fourth-order valence-corrected chi connectivity index (χ4v) is 0.580. The van der Waals surface area contributed by atoms with Crippen molar-refractivity contribution >= 4 is 17.8 Å². The number of hydrogen-bond donors (Lipinski definition) is 1. The normalized spacial score (nSPS) is 7.91. The minimum atomic E-state index is 0.316. The molecular weight excluding hydrogens is 162 g/mol. The molecule has 60 valence electrons. The lowest BCUT2D eigenvalue weighted by Gasteiger charge is -1.88. The summed E-state index contributed by atoms with van der Waals surface area (Å²) in [7, 11) is 0. The molecule has 0 aliphatic rings. The third-order valence-corrected chi connectivity index (χ3v) is 0.954. The quantitative estimate of drug-likeness (QED) is 0.659. The van der Waals surface area contributed by atoms with Crippen LogP contribution in [0.3, 0.4) is 0 Å². The predicted octanol–water partition coefficient (Wildman–Crippen LogP) is 2.15. The summed E-state index contributed by atoms with van der Waals surface area (Å²) in [5.41, 5.74) is 0.475. The molecule has 3 nitrogen and oxygen atoms in total. The number of aromatic nitrogens is 2. The molecule has 1 rings (SSSR count). The van der Waals surface area contributed by atoms with Gasteiger partial charge in [-0.25, -0.2) is 4.98 Å². The Balaban J connectivity index is 0.000000461. The van der Waals surface area contributed by atoms with E-state index in [1.807, 2.05) is 13.8 Å². The number of hydrogen-bond acceptors (Lipinski definition) is 3. The van der Waals surface area contributed by atoms with Crippen molar-refractivity contribution in [1.29, 1.82) is 5.41 Å². The molecule has 1 heterocycles. The average molecular weight is 172 g/mol. The van der Waals surface area contributed by atoms with E-state index in [0.29, 0.717) is 10.8 Å². The van der Waals surface area contributed by atoms with Crippen molar-refractivity contribution in [2.75, 3.05) is 0 Å². The first-order valence-corrected chi connectivity index (χ1v) is 3.69. The second-order valence-corrected chi connectivity index (χ2v) is 1.80. The maximum Gasteiger partial charge on any atom is 0.148 e. The van der Waals surface area contributed by atoms with Gasteiger partial charge in [0.1, 0.15) is 10.8 Å². The fraction of sp³-hybridized carbons (Fsp3) is 0.286. The summed E-state index contributed by atoms with van der Waals surface area (Å²) in [5, 5.41) is 7.07. The Morgan fingerprint density at radius 1 is 1.45 bits per heavy atom. The number of halogens is 1. The van der Waals surface area contributed by atoms with Crippen molar-refractivity contribution in [3.05, 3.63) is 23.2 Å². The van der Waals surface area contributed by atoms with Crippen LogP contribution in [0.25, 0.3) is 0 Å². The van der Waals surface area contributed by atoms with Gasteiger partial charge in [-0.2, -0.15) is 0 Å². The first-order chi connectivity index (χ1) is 5.33. The Bertz CT molecular complexity index is 225. The van der Waals surface area contributed by atoms with Gasteiger partial charge in [0.05, 0.1) is 12.4 Å². The fourth-order valence-electron chi connectivity index (χ4n) is 0.426. The van der Waals surface area contributed by atoms with E-state index in [2.05, 4.69) is 9.97 Å². The van der Waals surface area contributed by atoms with Gasteiger partial charge in [-0.1, -0.05) is 25.4 Å². The number of rotatable bonds is 1. The zero-order valence-corrected chi connectivity index (χ0v) is 7.26.